The molecular weight excluding hydrogens is 406 g/mol. The standard InChI is InChI=1S/C21H25N3O3S2/c25-20(24-21-22-11-12-28-21)17-7-5-15(6-8-17)14-23-29(26,27)19-10-9-16-3-1-2-4-18(16)13-19/h1-4,9-10,13,15,17,23H,5-8,11-12,14H2,(H,22,24,25). The molecule has 0 radical (unpaired) electrons. The second-order valence-electron chi connectivity index (χ2n) is 7.60. The van der Waals surface area contributed by atoms with Gasteiger partial charge in [0.1, 0.15) is 0 Å². The van der Waals surface area contributed by atoms with E-state index in [9.17, 15) is 13.2 Å². The third kappa shape index (κ3) is 4.99. The Bertz CT molecular complexity index is 1030. The second-order valence-corrected chi connectivity index (χ2v) is 10.5. The first-order valence-corrected chi connectivity index (χ1v) is 12.4. The van der Waals surface area contributed by atoms with Gasteiger partial charge in [-0.15, -0.1) is 0 Å². The fourth-order valence-electron chi connectivity index (χ4n) is 3.89. The number of amides is 1. The van der Waals surface area contributed by atoms with Crippen molar-refractivity contribution in [1.29, 1.82) is 0 Å². The maximum atomic E-state index is 12.7. The summed E-state index contributed by atoms with van der Waals surface area (Å²) in [5, 5.41) is 5.58. The molecule has 2 N–H and O–H groups in total. The Kier molecular flexibility index (Phi) is 6.22. The van der Waals surface area contributed by atoms with Gasteiger partial charge in [0.05, 0.1) is 11.4 Å². The number of hydrogen-bond acceptors (Lipinski definition) is 5. The van der Waals surface area contributed by atoms with Crippen LogP contribution in [0.4, 0.5) is 0 Å². The van der Waals surface area contributed by atoms with Crippen molar-refractivity contribution in [3.63, 3.8) is 0 Å². The summed E-state index contributed by atoms with van der Waals surface area (Å²) >= 11 is 1.59. The minimum absolute atomic E-state index is 0.00718. The van der Waals surface area contributed by atoms with Crippen LogP contribution in [0.1, 0.15) is 25.7 Å². The molecule has 0 atom stereocenters. The van der Waals surface area contributed by atoms with Gasteiger partial charge in [-0.3, -0.25) is 9.79 Å². The number of aliphatic imine (C=N–C) groups is 1. The highest BCUT2D eigenvalue weighted by molar-refractivity contribution is 8.14. The predicted molar refractivity (Wildman–Crippen MR) is 117 cm³/mol. The summed E-state index contributed by atoms with van der Waals surface area (Å²) in [6.07, 6.45) is 3.26. The molecule has 1 aliphatic carbocycles. The molecule has 1 aliphatic heterocycles. The summed E-state index contributed by atoms with van der Waals surface area (Å²) in [5.41, 5.74) is 0. The summed E-state index contributed by atoms with van der Waals surface area (Å²) in [7, 11) is -3.54. The number of rotatable bonds is 5. The van der Waals surface area contributed by atoms with Crippen molar-refractivity contribution < 1.29 is 13.2 Å². The zero-order chi connectivity index (χ0) is 20.3. The van der Waals surface area contributed by atoms with Crippen LogP contribution in [0.5, 0.6) is 0 Å². The maximum absolute atomic E-state index is 12.7. The van der Waals surface area contributed by atoms with Gasteiger partial charge in [-0.2, -0.15) is 0 Å². The van der Waals surface area contributed by atoms with Crippen molar-refractivity contribution in [2.45, 2.75) is 30.6 Å². The topological polar surface area (TPSA) is 87.6 Å². The maximum Gasteiger partial charge on any atom is 0.240 e. The quantitative estimate of drug-likeness (QED) is 0.761. The van der Waals surface area contributed by atoms with E-state index >= 15 is 0 Å². The third-order valence-corrected chi connectivity index (χ3v) is 7.94. The molecule has 1 heterocycles. The van der Waals surface area contributed by atoms with Crippen molar-refractivity contribution in [2.75, 3.05) is 18.8 Å². The molecule has 0 spiro atoms. The molecule has 0 unspecified atom stereocenters. The Morgan fingerprint density at radius 3 is 2.55 bits per heavy atom. The number of carbonyl (C=O) groups excluding carboxylic acids is 1. The molecule has 2 aromatic rings. The number of thioether (sulfide) groups is 1. The molecule has 6 nitrogen and oxygen atoms in total. The summed E-state index contributed by atoms with van der Waals surface area (Å²) in [6, 6.07) is 12.9. The van der Waals surface area contributed by atoms with Crippen molar-refractivity contribution >= 4 is 43.6 Å². The lowest BCUT2D eigenvalue weighted by Crippen LogP contribution is -2.37. The molecule has 0 bridgehead atoms. The summed E-state index contributed by atoms with van der Waals surface area (Å²) < 4.78 is 28.1. The molecular formula is C21H25N3O3S2. The lowest BCUT2D eigenvalue weighted by atomic mass is 9.81. The summed E-state index contributed by atoms with van der Waals surface area (Å²) in [5.74, 6) is 1.23. The van der Waals surface area contributed by atoms with E-state index in [1.54, 1.807) is 23.9 Å². The fourth-order valence-corrected chi connectivity index (χ4v) is 5.77. The predicted octanol–water partition coefficient (Wildman–Crippen LogP) is 3.14. The molecule has 8 heteroatoms. The van der Waals surface area contributed by atoms with Crippen LogP contribution in [0.2, 0.25) is 0 Å². The highest BCUT2D eigenvalue weighted by Crippen LogP contribution is 2.29. The first-order valence-electron chi connectivity index (χ1n) is 9.98. The van der Waals surface area contributed by atoms with Crippen LogP contribution in [-0.2, 0) is 14.8 Å². The third-order valence-electron chi connectivity index (χ3n) is 5.63. The number of benzene rings is 2. The van der Waals surface area contributed by atoms with Gasteiger partial charge >= 0.3 is 0 Å². The average Bonchev–Trinajstić information content (AvgIpc) is 3.25. The molecule has 0 saturated heterocycles. The highest BCUT2D eigenvalue weighted by atomic mass is 32.2. The minimum atomic E-state index is -3.54. The van der Waals surface area contributed by atoms with Gasteiger partial charge in [-0.05, 0) is 54.5 Å². The Hall–Kier alpha value is -1.90. The van der Waals surface area contributed by atoms with Crippen LogP contribution >= 0.6 is 11.8 Å². The molecule has 1 fully saturated rings. The first-order chi connectivity index (χ1) is 14.0. The highest BCUT2D eigenvalue weighted by Gasteiger charge is 2.28. The van der Waals surface area contributed by atoms with Gasteiger partial charge in [0, 0.05) is 18.2 Å². The largest absolute Gasteiger partial charge is 0.305 e. The Balaban J connectivity index is 1.29. The van der Waals surface area contributed by atoms with Crippen LogP contribution < -0.4 is 10.0 Å². The zero-order valence-electron chi connectivity index (χ0n) is 16.1. The zero-order valence-corrected chi connectivity index (χ0v) is 17.8. The average molecular weight is 432 g/mol. The number of sulfonamides is 1. The fraction of sp³-hybridized carbons (Fsp3) is 0.429. The molecule has 2 aliphatic rings. The molecule has 4 rings (SSSR count). The van der Waals surface area contributed by atoms with Gasteiger partial charge in [-0.25, -0.2) is 13.1 Å². The second kappa shape index (κ2) is 8.85. The minimum Gasteiger partial charge on any atom is -0.305 e. The lowest BCUT2D eigenvalue weighted by molar-refractivity contribution is -0.124. The lowest BCUT2D eigenvalue weighted by Gasteiger charge is -2.27. The van der Waals surface area contributed by atoms with Crippen LogP contribution in [0, 0.1) is 11.8 Å². The molecule has 1 saturated carbocycles. The number of nitrogens with zero attached hydrogens (tertiary/aromatic N) is 1. The Morgan fingerprint density at radius 1 is 1.07 bits per heavy atom. The van der Waals surface area contributed by atoms with Crippen LogP contribution in [0.25, 0.3) is 10.8 Å². The SMILES string of the molecule is O=C(NC1=NCCS1)C1CCC(CNS(=O)(=O)c2ccc3ccccc3c2)CC1. The van der Waals surface area contributed by atoms with Crippen molar-refractivity contribution in [3.8, 4) is 0 Å². The van der Waals surface area contributed by atoms with Gasteiger partial charge in [0.15, 0.2) is 5.17 Å². The van der Waals surface area contributed by atoms with E-state index in [1.807, 2.05) is 30.3 Å². The van der Waals surface area contributed by atoms with Gasteiger partial charge in [-0.1, -0.05) is 42.1 Å². The van der Waals surface area contributed by atoms with Crippen molar-refractivity contribution in [3.05, 3.63) is 42.5 Å². The summed E-state index contributed by atoms with van der Waals surface area (Å²) in [6.45, 7) is 1.18. The van der Waals surface area contributed by atoms with Crippen LogP contribution in [0.15, 0.2) is 52.4 Å². The van der Waals surface area contributed by atoms with E-state index in [0.29, 0.717) is 11.4 Å². The van der Waals surface area contributed by atoms with E-state index in [1.165, 1.54) is 0 Å². The van der Waals surface area contributed by atoms with Gasteiger partial charge in [0.2, 0.25) is 15.9 Å². The van der Waals surface area contributed by atoms with E-state index < -0.39 is 10.0 Å². The number of carbonyl (C=O) groups is 1. The molecule has 1 amide bonds. The van der Waals surface area contributed by atoms with Crippen LogP contribution in [-0.4, -0.2) is 38.3 Å². The van der Waals surface area contributed by atoms with E-state index in [4.69, 9.17) is 0 Å². The van der Waals surface area contributed by atoms with E-state index in [-0.39, 0.29) is 17.7 Å². The normalized spacial score (nSPS) is 22.4. The van der Waals surface area contributed by atoms with E-state index in [2.05, 4.69) is 15.0 Å². The van der Waals surface area contributed by atoms with E-state index in [0.717, 1.165) is 53.9 Å². The van der Waals surface area contributed by atoms with Gasteiger partial charge in [0.25, 0.3) is 0 Å². The molecule has 29 heavy (non-hydrogen) atoms. The number of fused-ring (bicyclic) bond motifs is 1. The monoisotopic (exact) mass is 431 g/mol. The molecule has 154 valence electrons. The smallest absolute Gasteiger partial charge is 0.240 e. The van der Waals surface area contributed by atoms with Crippen molar-refractivity contribution in [2.24, 2.45) is 16.8 Å². The van der Waals surface area contributed by atoms with Crippen molar-refractivity contribution in [1.82, 2.24) is 10.0 Å². The van der Waals surface area contributed by atoms with Crippen LogP contribution in [0.3, 0.4) is 0 Å². The first kappa shape index (κ1) is 20.4. The molecule has 0 aromatic heterocycles. The number of hydrogen-bond donors (Lipinski definition) is 2. The Labute approximate surface area is 175 Å². The summed E-state index contributed by atoms with van der Waals surface area (Å²) in [4.78, 5) is 16.9. The Morgan fingerprint density at radius 2 is 1.83 bits per heavy atom. The number of amidine groups is 1. The number of nitrogens with one attached hydrogen (secondary N) is 2. The molecule has 2 aromatic carbocycles. The van der Waals surface area contributed by atoms with Gasteiger partial charge < -0.3 is 5.32 Å².